The highest BCUT2D eigenvalue weighted by Crippen LogP contribution is 2.29. The zero-order valence-corrected chi connectivity index (χ0v) is 12.3. The smallest absolute Gasteiger partial charge is 0.124 e. The van der Waals surface area contributed by atoms with Crippen molar-refractivity contribution in [3.8, 4) is 0 Å². The van der Waals surface area contributed by atoms with E-state index in [1.807, 2.05) is 6.07 Å². The van der Waals surface area contributed by atoms with Gasteiger partial charge in [0.2, 0.25) is 0 Å². The fourth-order valence-corrected chi connectivity index (χ4v) is 3.25. The van der Waals surface area contributed by atoms with E-state index in [0.29, 0.717) is 17.0 Å². The second-order valence-electron chi connectivity index (χ2n) is 5.62. The first kappa shape index (κ1) is 14.8. The molecule has 2 unspecified atom stereocenters. The summed E-state index contributed by atoms with van der Waals surface area (Å²) in [5.41, 5.74) is 1.09. The maximum absolute atomic E-state index is 13.0. The van der Waals surface area contributed by atoms with Crippen LogP contribution in [0.1, 0.15) is 44.6 Å². The third-order valence-corrected chi connectivity index (χ3v) is 4.34. The largest absolute Gasteiger partial charge is 0.314 e. The molecule has 2 rings (SSSR count). The van der Waals surface area contributed by atoms with Crippen LogP contribution in [0, 0.1) is 11.7 Å². The van der Waals surface area contributed by atoms with Crippen molar-refractivity contribution < 1.29 is 4.39 Å². The average Bonchev–Trinajstić information content (AvgIpc) is 2.40. The molecule has 0 saturated heterocycles. The lowest BCUT2D eigenvalue weighted by Gasteiger charge is -2.30. The summed E-state index contributed by atoms with van der Waals surface area (Å²) in [6.07, 6.45) is 7.21. The number of rotatable bonds is 5. The number of halogens is 2. The normalized spacial score (nSPS) is 23.5. The third-order valence-electron chi connectivity index (χ3n) is 3.99. The molecular formula is C16H23ClFN. The summed E-state index contributed by atoms with van der Waals surface area (Å²) in [6, 6.07) is 5.42. The number of hydrogen-bond acceptors (Lipinski definition) is 1. The van der Waals surface area contributed by atoms with Crippen molar-refractivity contribution in [2.24, 2.45) is 5.92 Å². The Balaban J connectivity index is 1.91. The lowest BCUT2D eigenvalue weighted by Crippen LogP contribution is -2.35. The van der Waals surface area contributed by atoms with Crippen LogP contribution in [0.3, 0.4) is 0 Å². The zero-order chi connectivity index (χ0) is 13.7. The standard InChI is InChI=1S/C16H23ClFN/c1-2-8-19-15-5-3-4-12(10-15)9-13-6-7-14(18)11-16(13)17/h6-7,11-12,15,19H,2-5,8-10H2,1H3. The highest BCUT2D eigenvalue weighted by atomic mass is 35.5. The van der Waals surface area contributed by atoms with Crippen LogP contribution in [-0.4, -0.2) is 12.6 Å². The molecular weight excluding hydrogens is 261 g/mol. The summed E-state index contributed by atoms with van der Waals surface area (Å²) < 4.78 is 13.0. The van der Waals surface area contributed by atoms with Crippen LogP contribution in [-0.2, 0) is 6.42 Å². The molecule has 3 heteroatoms. The van der Waals surface area contributed by atoms with E-state index in [-0.39, 0.29) is 5.82 Å². The van der Waals surface area contributed by atoms with Crippen LogP contribution >= 0.6 is 11.6 Å². The van der Waals surface area contributed by atoms with E-state index >= 15 is 0 Å². The van der Waals surface area contributed by atoms with E-state index in [4.69, 9.17) is 11.6 Å². The van der Waals surface area contributed by atoms with E-state index in [1.165, 1.54) is 44.2 Å². The van der Waals surface area contributed by atoms with E-state index in [9.17, 15) is 4.39 Å². The SMILES string of the molecule is CCCNC1CCCC(Cc2ccc(F)cc2Cl)C1. The Morgan fingerprint density at radius 1 is 1.37 bits per heavy atom. The fourth-order valence-electron chi connectivity index (χ4n) is 3.01. The fraction of sp³-hybridized carbons (Fsp3) is 0.625. The molecule has 1 aromatic rings. The quantitative estimate of drug-likeness (QED) is 0.834. The van der Waals surface area contributed by atoms with Crippen molar-refractivity contribution in [3.63, 3.8) is 0 Å². The summed E-state index contributed by atoms with van der Waals surface area (Å²) in [5.74, 6) is 0.422. The van der Waals surface area contributed by atoms with Crippen molar-refractivity contribution in [3.05, 3.63) is 34.6 Å². The van der Waals surface area contributed by atoms with Crippen molar-refractivity contribution in [1.29, 1.82) is 0 Å². The molecule has 0 aromatic heterocycles. The molecule has 19 heavy (non-hydrogen) atoms. The van der Waals surface area contributed by atoms with Crippen LogP contribution in [0.2, 0.25) is 5.02 Å². The van der Waals surface area contributed by atoms with Gasteiger partial charge in [-0.1, -0.05) is 37.4 Å². The second kappa shape index (κ2) is 7.25. The van der Waals surface area contributed by atoms with E-state index < -0.39 is 0 Å². The van der Waals surface area contributed by atoms with E-state index in [1.54, 1.807) is 0 Å². The maximum atomic E-state index is 13.0. The van der Waals surface area contributed by atoms with E-state index in [2.05, 4.69) is 12.2 Å². The Morgan fingerprint density at radius 3 is 2.95 bits per heavy atom. The van der Waals surface area contributed by atoms with Crippen molar-refractivity contribution in [2.75, 3.05) is 6.54 Å². The monoisotopic (exact) mass is 283 g/mol. The van der Waals surface area contributed by atoms with Gasteiger partial charge in [0, 0.05) is 11.1 Å². The predicted octanol–water partition coefficient (Wildman–Crippen LogP) is 4.58. The number of nitrogens with one attached hydrogen (secondary N) is 1. The van der Waals surface area contributed by atoms with Crippen molar-refractivity contribution in [1.82, 2.24) is 5.32 Å². The molecule has 0 bridgehead atoms. The minimum absolute atomic E-state index is 0.250. The van der Waals surface area contributed by atoms with Gasteiger partial charge in [-0.15, -0.1) is 0 Å². The lowest BCUT2D eigenvalue weighted by molar-refractivity contribution is 0.284. The Bertz CT molecular complexity index is 408. The van der Waals surface area contributed by atoms with Crippen LogP contribution in [0.4, 0.5) is 4.39 Å². The molecule has 1 aliphatic carbocycles. The minimum Gasteiger partial charge on any atom is -0.314 e. The number of hydrogen-bond donors (Lipinski definition) is 1. The van der Waals surface area contributed by atoms with E-state index in [0.717, 1.165) is 18.5 Å². The van der Waals surface area contributed by atoms with Gasteiger partial charge in [0.15, 0.2) is 0 Å². The molecule has 1 saturated carbocycles. The third kappa shape index (κ3) is 4.47. The molecule has 106 valence electrons. The summed E-state index contributed by atoms with van der Waals surface area (Å²) in [4.78, 5) is 0. The van der Waals surface area contributed by atoms with Gasteiger partial charge in [-0.2, -0.15) is 0 Å². The summed E-state index contributed by atoms with van der Waals surface area (Å²) in [6.45, 7) is 3.31. The van der Waals surface area contributed by atoms with Gasteiger partial charge in [0.25, 0.3) is 0 Å². The summed E-state index contributed by atoms with van der Waals surface area (Å²) in [7, 11) is 0. The molecule has 1 nitrogen and oxygen atoms in total. The summed E-state index contributed by atoms with van der Waals surface area (Å²) >= 11 is 6.11. The van der Waals surface area contributed by atoms with Gasteiger partial charge < -0.3 is 5.32 Å². The lowest BCUT2D eigenvalue weighted by atomic mass is 9.82. The Hall–Kier alpha value is -0.600. The Kier molecular flexibility index (Phi) is 5.65. The molecule has 1 fully saturated rings. The molecule has 2 atom stereocenters. The average molecular weight is 284 g/mol. The van der Waals surface area contributed by atoms with Gasteiger partial charge in [-0.05, 0) is 55.8 Å². The maximum Gasteiger partial charge on any atom is 0.124 e. The first-order valence-corrected chi connectivity index (χ1v) is 7.74. The molecule has 0 spiro atoms. The topological polar surface area (TPSA) is 12.0 Å². The molecule has 0 aliphatic heterocycles. The van der Waals surface area contributed by atoms with Crippen LogP contribution in [0.15, 0.2) is 18.2 Å². The first-order chi connectivity index (χ1) is 9.19. The highest BCUT2D eigenvalue weighted by molar-refractivity contribution is 6.31. The zero-order valence-electron chi connectivity index (χ0n) is 11.6. The van der Waals surface area contributed by atoms with Crippen LogP contribution in [0.5, 0.6) is 0 Å². The Morgan fingerprint density at radius 2 is 2.21 bits per heavy atom. The summed E-state index contributed by atoms with van der Waals surface area (Å²) in [5, 5.41) is 4.19. The van der Waals surface area contributed by atoms with Gasteiger partial charge in [0.05, 0.1) is 0 Å². The van der Waals surface area contributed by atoms with Crippen molar-refractivity contribution >= 4 is 11.6 Å². The molecule has 1 N–H and O–H groups in total. The van der Waals surface area contributed by atoms with Crippen LogP contribution < -0.4 is 5.32 Å². The van der Waals surface area contributed by atoms with Crippen molar-refractivity contribution in [2.45, 2.75) is 51.5 Å². The highest BCUT2D eigenvalue weighted by Gasteiger charge is 2.22. The molecule has 1 aliphatic rings. The molecule has 0 radical (unpaired) electrons. The number of benzene rings is 1. The van der Waals surface area contributed by atoms with Gasteiger partial charge in [-0.3, -0.25) is 0 Å². The first-order valence-electron chi connectivity index (χ1n) is 7.36. The Labute approximate surface area is 120 Å². The minimum atomic E-state index is -0.250. The van der Waals surface area contributed by atoms with Gasteiger partial charge in [0.1, 0.15) is 5.82 Å². The molecule has 1 aromatic carbocycles. The second-order valence-corrected chi connectivity index (χ2v) is 6.03. The van der Waals surface area contributed by atoms with Gasteiger partial charge in [-0.25, -0.2) is 4.39 Å². The molecule has 0 heterocycles. The predicted molar refractivity (Wildman–Crippen MR) is 79.2 cm³/mol. The van der Waals surface area contributed by atoms with Gasteiger partial charge >= 0.3 is 0 Å². The molecule has 0 amide bonds. The van der Waals surface area contributed by atoms with Crippen LogP contribution in [0.25, 0.3) is 0 Å².